The van der Waals surface area contributed by atoms with Gasteiger partial charge >= 0.3 is 0 Å². The molecule has 2 atom stereocenters. The Kier molecular flexibility index (Phi) is 4.66. The lowest BCUT2D eigenvalue weighted by molar-refractivity contribution is 0.0246. The number of rotatable bonds is 5. The van der Waals surface area contributed by atoms with Gasteiger partial charge in [-0.25, -0.2) is 8.78 Å². The molecule has 1 heterocycles. The molecule has 3 rings (SSSR count). The monoisotopic (exact) mass is 333 g/mol. The van der Waals surface area contributed by atoms with E-state index in [1.165, 1.54) is 0 Å². The van der Waals surface area contributed by atoms with Crippen LogP contribution in [0.25, 0.3) is 0 Å². The summed E-state index contributed by atoms with van der Waals surface area (Å²) in [7, 11) is 0. The van der Waals surface area contributed by atoms with Crippen molar-refractivity contribution < 1.29 is 13.6 Å². The van der Waals surface area contributed by atoms with E-state index in [1.54, 1.807) is 11.8 Å². The quantitative estimate of drug-likeness (QED) is 0.757. The zero-order valence-electron chi connectivity index (χ0n) is 12.7. The van der Waals surface area contributed by atoms with Crippen LogP contribution in [0.2, 0.25) is 0 Å². The predicted octanol–water partition coefficient (Wildman–Crippen LogP) is 4.39. The van der Waals surface area contributed by atoms with Crippen LogP contribution < -0.4 is 0 Å². The highest BCUT2D eigenvalue weighted by Gasteiger charge is 2.52. The second kappa shape index (κ2) is 6.71. The van der Waals surface area contributed by atoms with E-state index in [-0.39, 0.29) is 0 Å². The molecule has 2 unspecified atom stereocenters. The molecule has 2 aromatic carbocycles. The van der Waals surface area contributed by atoms with Crippen LogP contribution >= 0.6 is 11.8 Å². The van der Waals surface area contributed by atoms with E-state index in [4.69, 9.17) is 4.84 Å². The first-order valence-corrected chi connectivity index (χ1v) is 8.55. The Labute approximate surface area is 138 Å². The van der Waals surface area contributed by atoms with Gasteiger partial charge in [0.25, 0.3) is 0 Å². The zero-order valence-corrected chi connectivity index (χ0v) is 13.5. The van der Waals surface area contributed by atoms with Gasteiger partial charge in [0, 0.05) is 10.5 Å². The molecule has 1 aliphatic rings. The van der Waals surface area contributed by atoms with Crippen molar-refractivity contribution in [1.82, 2.24) is 0 Å². The van der Waals surface area contributed by atoms with Gasteiger partial charge in [-0.15, -0.1) is 11.8 Å². The van der Waals surface area contributed by atoms with Crippen molar-refractivity contribution in [3.05, 3.63) is 65.7 Å². The normalized spacial score (nSPS) is 23.4. The van der Waals surface area contributed by atoms with Gasteiger partial charge in [-0.05, 0) is 24.0 Å². The van der Waals surface area contributed by atoms with Crippen molar-refractivity contribution in [2.75, 3.05) is 19.6 Å². The number of benzene rings is 2. The maximum atomic E-state index is 14.3. The summed E-state index contributed by atoms with van der Waals surface area (Å²) in [4.78, 5) is 6.32. The largest absolute Gasteiger partial charge is 0.388 e. The van der Waals surface area contributed by atoms with Crippen molar-refractivity contribution >= 4 is 17.5 Å². The maximum Gasteiger partial charge on any atom is 0.173 e. The second-order valence-electron chi connectivity index (χ2n) is 5.39. The van der Waals surface area contributed by atoms with Crippen molar-refractivity contribution in [2.45, 2.75) is 16.4 Å². The lowest BCUT2D eigenvalue weighted by Gasteiger charge is -2.31. The summed E-state index contributed by atoms with van der Waals surface area (Å²) >= 11 is 1.60. The van der Waals surface area contributed by atoms with Crippen molar-refractivity contribution in [2.24, 2.45) is 5.16 Å². The van der Waals surface area contributed by atoms with Crippen LogP contribution in [0.1, 0.15) is 11.1 Å². The fourth-order valence-corrected chi connectivity index (χ4v) is 3.35. The Hall–Kier alpha value is -1.88. The Morgan fingerprint density at radius 3 is 2.35 bits per heavy atom. The highest BCUT2D eigenvalue weighted by molar-refractivity contribution is 7.98. The minimum atomic E-state index is -1.22. The van der Waals surface area contributed by atoms with Crippen molar-refractivity contribution in [1.29, 1.82) is 0 Å². The lowest BCUT2D eigenvalue weighted by atomic mass is 9.71. The summed E-state index contributed by atoms with van der Waals surface area (Å²) in [6.45, 7) is -1.57. The molecule has 2 nitrogen and oxygen atoms in total. The molecule has 0 amide bonds. The van der Waals surface area contributed by atoms with Gasteiger partial charge in [-0.3, -0.25) is 0 Å². The van der Waals surface area contributed by atoms with E-state index in [2.05, 4.69) is 5.16 Å². The van der Waals surface area contributed by atoms with E-state index in [0.717, 1.165) is 10.5 Å². The molecule has 0 N–H and O–H groups in total. The zero-order chi connectivity index (χ0) is 16.3. The van der Waals surface area contributed by atoms with E-state index in [0.29, 0.717) is 11.3 Å². The molecule has 2 aromatic rings. The molecule has 0 aromatic heterocycles. The van der Waals surface area contributed by atoms with E-state index in [9.17, 15) is 8.78 Å². The molecule has 0 saturated heterocycles. The SMILES string of the molecule is CSc1ccc(C2(CF)C(c3ccccc3)=NOC2CF)cc1. The molecule has 120 valence electrons. The average Bonchev–Trinajstić information content (AvgIpc) is 3.02. The lowest BCUT2D eigenvalue weighted by Crippen LogP contribution is -2.46. The Bertz CT molecular complexity index is 690. The van der Waals surface area contributed by atoms with Crippen LogP contribution in [0.3, 0.4) is 0 Å². The summed E-state index contributed by atoms with van der Waals surface area (Å²) in [5, 5.41) is 4.03. The molecule has 23 heavy (non-hydrogen) atoms. The summed E-state index contributed by atoms with van der Waals surface area (Å²) in [6, 6.07) is 16.7. The number of nitrogens with zero attached hydrogens (tertiary/aromatic N) is 1. The topological polar surface area (TPSA) is 21.6 Å². The average molecular weight is 333 g/mol. The number of hydrogen-bond donors (Lipinski definition) is 0. The fraction of sp³-hybridized carbons (Fsp3) is 0.278. The number of halogens is 2. The minimum Gasteiger partial charge on any atom is -0.388 e. The first kappa shape index (κ1) is 16.0. The van der Waals surface area contributed by atoms with Crippen LogP contribution in [-0.4, -0.2) is 31.4 Å². The Morgan fingerprint density at radius 2 is 1.78 bits per heavy atom. The molecule has 0 saturated carbocycles. The van der Waals surface area contributed by atoms with Crippen molar-refractivity contribution in [3.8, 4) is 0 Å². The summed E-state index contributed by atoms with van der Waals surface area (Å²) < 4.78 is 27.8. The second-order valence-corrected chi connectivity index (χ2v) is 6.27. The van der Waals surface area contributed by atoms with Gasteiger partial charge in [0.05, 0.1) is 0 Å². The van der Waals surface area contributed by atoms with Gasteiger partial charge in [-0.1, -0.05) is 47.6 Å². The molecule has 0 aliphatic carbocycles. The molecule has 0 radical (unpaired) electrons. The van der Waals surface area contributed by atoms with E-state index in [1.807, 2.05) is 60.9 Å². The van der Waals surface area contributed by atoms with Gasteiger partial charge in [-0.2, -0.15) is 0 Å². The standard InChI is InChI=1S/C18H17F2NOS/c1-23-15-9-7-14(8-10-15)18(12-20)16(11-19)22-21-17(18)13-5-3-2-4-6-13/h2-10,16H,11-12H2,1H3. The number of hydrogen-bond acceptors (Lipinski definition) is 3. The molecule has 0 spiro atoms. The Morgan fingerprint density at radius 1 is 1.09 bits per heavy atom. The summed E-state index contributed by atoms with van der Waals surface area (Å²) in [5.74, 6) is 0. The molecule has 0 fully saturated rings. The van der Waals surface area contributed by atoms with Gasteiger partial charge in [0.2, 0.25) is 0 Å². The van der Waals surface area contributed by atoms with E-state index >= 15 is 0 Å². The molecule has 0 bridgehead atoms. The first-order chi connectivity index (χ1) is 11.3. The molecular weight excluding hydrogens is 316 g/mol. The molecule has 5 heteroatoms. The third-order valence-electron chi connectivity index (χ3n) is 4.25. The predicted molar refractivity (Wildman–Crippen MR) is 89.7 cm³/mol. The van der Waals surface area contributed by atoms with Crippen LogP contribution in [0.4, 0.5) is 8.78 Å². The summed E-state index contributed by atoms with van der Waals surface area (Å²) in [5.41, 5.74) is 0.656. The van der Waals surface area contributed by atoms with Gasteiger partial charge in [0.15, 0.2) is 6.10 Å². The minimum absolute atomic E-state index is 0.445. The third kappa shape index (κ3) is 2.63. The van der Waals surface area contributed by atoms with Crippen LogP contribution in [-0.2, 0) is 10.3 Å². The van der Waals surface area contributed by atoms with Crippen LogP contribution in [0.5, 0.6) is 0 Å². The highest BCUT2D eigenvalue weighted by Crippen LogP contribution is 2.40. The number of thioether (sulfide) groups is 1. The highest BCUT2D eigenvalue weighted by atomic mass is 32.2. The Balaban J connectivity index is 2.12. The fourth-order valence-electron chi connectivity index (χ4n) is 2.94. The smallest absolute Gasteiger partial charge is 0.173 e. The van der Waals surface area contributed by atoms with Crippen LogP contribution in [0, 0.1) is 0 Å². The number of alkyl halides is 2. The van der Waals surface area contributed by atoms with Gasteiger partial charge < -0.3 is 4.84 Å². The van der Waals surface area contributed by atoms with Gasteiger partial charge in [0.1, 0.15) is 24.5 Å². The van der Waals surface area contributed by atoms with Crippen LogP contribution in [0.15, 0.2) is 64.6 Å². The number of oxime groups is 1. The van der Waals surface area contributed by atoms with Crippen molar-refractivity contribution in [3.63, 3.8) is 0 Å². The first-order valence-electron chi connectivity index (χ1n) is 7.32. The van der Waals surface area contributed by atoms with E-state index < -0.39 is 24.9 Å². The molecular formula is C18H17F2NOS. The summed E-state index contributed by atoms with van der Waals surface area (Å²) in [6.07, 6.45) is 1.02. The third-order valence-corrected chi connectivity index (χ3v) is 4.99. The maximum absolute atomic E-state index is 14.3. The molecule has 1 aliphatic heterocycles.